The molecule has 0 aliphatic carbocycles. The third kappa shape index (κ3) is 6.35. The number of carboxylic acids is 1. The first-order chi connectivity index (χ1) is 17.5. The largest absolute Gasteiger partial charge is 0.481 e. The summed E-state index contributed by atoms with van der Waals surface area (Å²) in [6, 6.07) is 25.0. The van der Waals surface area contributed by atoms with E-state index in [0.29, 0.717) is 17.3 Å². The molecule has 0 radical (unpaired) electrons. The number of amides is 1. The molecule has 0 saturated heterocycles. The number of aromatic nitrogens is 2. The minimum absolute atomic E-state index is 0.0851. The molecular weight excluding hydrogens is 456 g/mol. The monoisotopic (exact) mass is 484 g/mol. The fourth-order valence-electron chi connectivity index (χ4n) is 3.81. The summed E-state index contributed by atoms with van der Waals surface area (Å²) in [4.78, 5) is 22.8. The molecule has 0 aliphatic heterocycles. The topological polar surface area (TPSA) is 117 Å². The summed E-state index contributed by atoms with van der Waals surface area (Å²) >= 11 is 0. The van der Waals surface area contributed by atoms with Gasteiger partial charge in [-0.2, -0.15) is 0 Å². The summed E-state index contributed by atoms with van der Waals surface area (Å²) in [6.07, 6.45) is 1.81. The third-order valence-electron chi connectivity index (χ3n) is 5.70. The van der Waals surface area contributed by atoms with Crippen molar-refractivity contribution in [2.75, 3.05) is 11.9 Å². The first kappa shape index (κ1) is 24.7. The number of rotatable bonds is 11. The van der Waals surface area contributed by atoms with Gasteiger partial charge in [0.1, 0.15) is 0 Å². The molecule has 0 fully saturated rings. The van der Waals surface area contributed by atoms with Crippen LogP contribution >= 0.6 is 0 Å². The average Bonchev–Trinajstić information content (AvgIpc) is 3.40. The van der Waals surface area contributed by atoms with Gasteiger partial charge in [-0.05, 0) is 60.5 Å². The lowest BCUT2D eigenvalue weighted by Crippen LogP contribution is -2.25. The van der Waals surface area contributed by atoms with Gasteiger partial charge in [0.2, 0.25) is 11.8 Å². The normalized spacial score (nSPS) is 11.6. The number of anilines is 1. The van der Waals surface area contributed by atoms with Crippen molar-refractivity contribution in [1.29, 1.82) is 0 Å². The zero-order chi connectivity index (χ0) is 25.3. The van der Waals surface area contributed by atoms with Crippen molar-refractivity contribution < 1.29 is 19.1 Å². The first-order valence-electron chi connectivity index (χ1n) is 11.9. The Morgan fingerprint density at radius 3 is 2.14 bits per heavy atom. The molecule has 1 heterocycles. The summed E-state index contributed by atoms with van der Waals surface area (Å²) in [6.45, 7) is 2.23. The molecule has 3 aromatic carbocycles. The zero-order valence-corrected chi connectivity index (χ0v) is 20.0. The van der Waals surface area contributed by atoms with Crippen molar-refractivity contribution >= 4 is 17.6 Å². The molecule has 1 amide bonds. The molecule has 8 nitrogen and oxygen atoms in total. The second kappa shape index (κ2) is 11.8. The first-order valence-corrected chi connectivity index (χ1v) is 11.9. The predicted octanol–water partition coefficient (Wildman–Crippen LogP) is 5.56. The van der Waals surface area contributed by atoms with E-state index in [9.17, 15) is 9.59 Å². The molecule has 1 unspecified atom stereocenters. The highest BCUT2D eigenvalue weighted by molar-refractivity contribution is 5.94. The van der Waals surface area contributed by atoms with Crippen LogP contribution in [0.5, 0.6) is 0 Å². The number of hydrogen-bond acceptors (Lipinski definition) is 6. The van der Waals surface area contributed by atoms with Crippen LogP contribution in [0.4, 0.5) is 5.69 Å². The SMILES string of the molecule is CCCC(Nc1ccc(C(=O)NCCC(=O)O)cc1)c1ccc(-c2nnc(-c3ccccc3)o2)cc1. The molecule has 0 saturated carbocycles. The summed E-state index contributed by atoms with van der Waals surface area (Å²) < 4.78 is 5.87. The summed E-state index contributed by atoms with van der Waals surface area (Å²) in [7, 11) is 0. The Morgan fingerprint density at radius 2 is 1.53 bits per heavy atom. The van der Waals surface area contributed by atoms with Crippen LogP contribution in [0.2, 0.25) is 0 Å². The van der Waals surface area contributed by atoms with Gasteiger partial charge in [0.05, 0.1) is 12.5 Å². The standard InChI is InChI=1S/C28H28N4O4/c1-2-6-24(30-23-15-13-20(14-16-23)26(35)29-18-17-25(33)34)19-9-11-22(12-10-19)28-32-31-27(36-28)21-7-4-3-5-8-21/h3-5,7-16,24,30H,2,6,17-18H2,1H3,(H,29,35)(H,33,34). The van der Waals surface area contributed by atoms with Crippen molar-refractivity contribution in [3.05, 3.63) is 90.0 Å². The number of carbonyl (C=O) groups is 2. The van der Waals surface area contributed by atoms with Gasteiger partial charge in [0.25, 0.3) is 5.91 Å². The Labute approximate surface area is 209 Å². The molecule has 0 spiro atoms. The second-order valence-corrected chi connectivity index (χ2v) is 8.36. The van der Waals surface area contributed by atoms with E-state index in [-0.39, 0.29) is 24.9 Å². The van der Waals surface area contributed by atoms with Crippen molar-refractivity contribution in [2.24, 2.45) is 0 Å². The van der Waals surface area contributed by atoms with Gasteiger partial charge in [0, 0.05) is 28.9 Å². The molecule has 184 valence electrons. The lowest BCUT2D eigenvalue weighted by Gasteiger charge is -2.20. The van der Waals surface area contributed by atoms with Crippen LogP contribution in [0.1, 0.15) is 48.1 Å². The van der Waals surface area contributed by atoms with Gasteiger partial charge in [-0.3, -0.25) is 9.59 Å². The molecule has 4 aromatic rings. The van der Waals surface area contributed by atoms with E-state index in [1.165, 1.54) is 0 Å². The second-order valence-electron chi connectivity index (χ2n) is 8.36. The van der Waals surface area contributed by atoms with E-state index >= 15 is 0 Å². The number of nitrogens with zero attached hydrogens (tertiary/aromatic N) is 2. The van der Waals surface area contributed by atoms with Gasteiger partial charge in [-0.1, -0.05) is 43.7 Å². The van der Waals surface area contributed by atoms with Crippen LogP contribution in [0.15, 0.2) is 83.3 Å². The number of nitrogens with one attached hydrogen (secondary N) is 2. The minimum atomic E-state index is -0.945. The van der Waals surface area contributed by atoms with E-state index in [2.05, 4.69) is 39.9 Å². The van der Waals surface area contributed by atoms with Gasteiger partial charge >= 0.3 is 5.97 Å². The van der Waals surface area contributed by atoms with E-state index in [1.54, 1.807) is 12.1 Å². The quantitative estimate of drug-likeness (QED) is 0.255. The van der Waals surface area contributed by atoms with Crippen LogP contribution in [-0.4, -0.2) is 33.7 Å². The van der Waals surface area contributed by atoms with Gasteiger partial charge in [-0.15, -0.1) is 10.2 Å². The molecular formula is C28H28N4O4. The molecule has 0 bridgehead atoms. The van der Waals surface area contributed by atoms with Crippen LogP contribution in [0, 0.1) is 0 Å². The molecule has 4 rings (SSSR count). The van der Waals surface area contributed by atoms with Crippen molar-refractivity contribution in [1.82, 2.24) is 15.5 Å². The fourth-order valence-corrected chi connectivity index (χ4v) is 3.81. The predicted molar refractivity (Wildman–Crippen MR) is 137 cm³/mol. The molecule has 0 aliphatic rings. The maximum absolute atomic E-state index is 12.2. The lowest BCUT2D eigenvalue weighted by molar-refractivity contribution is -0.136. The van der Waals surface area contributed by atoms with E-state index in [0.717, 1.165) is 35.2 Å². The summed E-state index contributed by atoms with van der Waals surface area (Å²) in [5.74, 6) is -0.282. The molecule has 1 atom stereocenters. The molecule has 1 aromatic heterocycles. The van der Waals surface area contributed by atoms with Gasteiger partial charge in [0.15, 0.2) is 0 Å². The number of benzene rings is 3. The highest BCUT2D eigenvalue weighted by Crippen LogP contribution is 2.28. The Hall–Kier alpha value is -4.46. The van der Waals surface area contributed by atoms with Crippen molar-refractivity contribution in [2.45, 2.75) is 32.2 Å². The van der Waals surface area contributed by atoms with Crippen molar-refractivity contribution in [3.8, 4) is 22.9 Å². The van der Waals surface area contributed by atoms with E-state index in [4.69, 9.17) is 9.52 Å². The van der Waals surface area contributed by atoms with Crippen LogP contribution in [0.3, 0.4) is 0 Å². The number of carbonyl (C=O) groups excluding carboxylic acids is 1. The zero-order valence-electron chi connectivity index (χ0n) is 20.0. The Kier molecular flexibility index (Phi) is 8.08. The number of aliphatic carboxylic acids is 1. The van der Waals surface area contributed by atoms with Crippen LogP contribution in [-0.2, 0) is 4.79 Å². The lowest BCUT2D eigenvalue weighted by atomic mass is 10.00. The van der Waals surface area contributed by atoms with E-state index in [1.807, 2.05) is 54.6 Å². The number of hydrogen-bond donors (Lipinski definition) is 3. The highest BCUT2D eigenvalue weighted by atomic mass is 16.4. The average molecular weight is 485 g/mol. The third-order valence-corrected chi connectivity index (χ3v) is 5.70. The Balaban J connectivity index is 1.42. The van der Waals surface area contributed by atoms with Gasteiger partial charge < -0.3 is 20.2 Å². The maximum atomic E-state index is 12.2. The maximum Gasteiger partial charge on any atom is 0.305 e. The van der Waals surface area contributed by atoms with Crippen molar-refractivity contribution in [3.63, 3.8) is 0 Å². The number of carboxylic acid groups (broad SMARTS) is 1. The molecule has 36 heavy (non-hydrogen) atoms. The summed E-state index contributed by atoms with van der Waals surface area (Å²) in [5, 5.41) is 23.2. The van der Waals surface area contributed by atoms with Crippen LogP contribution < -0.4 is 10.6 Å². The Morgan fingerprint density at radius 1 is 0.889 bits per heavy atom. The fraction of sp³-hybridized carbons (Fsp3) is 0.214. The molecule has 8 heteroatoms. The Bertz CT molecular complexity index is 1290. The van der Waals surface area contributed by atoms with Gasteiger partial charge in [-0.25, -0.2) is 0 Å². The van der Waals surface area contributed by atoms with Crippen LogP contribution in [0.25, 0.3) is 22.9 Å². The smallest absolute Gasteiger partial charge is 0.305 e. The summed E-state index contributed by atoms with van der Waals surface area (Å²) in [5.41, 5.74) is 4.23. The molecule has 3 N–H and O–H groups in total. The minimum Gasteiger partial charge on any atom is -0.481 e. The highest BCUT2D eigenvalue weighted by Gasteiger charge is 2.14. The van der Waals surface area contributed by atoms with E-state index < -0.39 is 5.97 Å².